The normalized spacial score (nSPS) is 17.2. The average Bonchev–Trinajstić information content (AvgIpc) is 2.79. The van der Waals surface area contributed by atoms with Gasteiger partial charge < -0.3 is 10.1 Å². The van der Waals surface area contributed by atoms with Crippen molar-refractivity contribution in [2.24, 2.45) is 0 Å². The Morgan fingerprint density at radius 1 is 1.17 bits per heavy atom. The Balaban J connectivity index is 2.11. The summed E-state index contributed by atoms with van der Waals surface area (Å²) in [5, 5.41) is 2.87. The molecule has 1 aliphatic carbocycles. The molecular formula is C23H23Cl2F4N3O3. The van der Waals surface area contributed by atoms with Gasteiger partial charge in [0.25, 0.3) is 17.4 Å². The van der Waals surface area contributed by atoms with Crippen LogP contribution in [0.2, 0.25) is 0 Å². The van der Waals surface area contributed by atoms with E-state index < -0.39 is 34.4 Å². The second-order valence-electron chi connectivity index (χ2n) is 8.29. The molecule has 1 N–H and O–H groups in total. The van der Waals surface area contributed by atoms with E-state index in [0.29, 0.717) is 12.8 Å². The fourth-order valence-electron chi connectivity index (χ4n) is 4.11. The van der Waals surface area contributed by atoms with Crippen LogP contribution in [0.15, 0.2) is 42.7 Å². The van der Waals surface area contributed by atoms with Crippen LogP contribution in [0, 0.1) is 5.82 Å². The molecule has 2 amide bonds. The van der Waals surface area contributed by atoms with E-state index in [0.717, 1.165) is 60.7 Å². The van der Waals surface area contributed by atoms with Gasteiger partial charge in [0, 0.05) is 35.1 Å². The summed E-state index contributed by atoms with van der Waals surface area (Å²) in [7, 11) is 0. The third kappa shape index (κ3) is 6.55. The van der Waals surface area contributed by atoms with E-state index >= 15 is 0 Å². The van der Waals surface area contributed by atoms with E-state index in [1.165, 1.54) is 13.1 Å². The number of aromatic nitrogens is 1. The van der Waals surface area contributed by atoms with E-state index in [1.54, 1.807) is 0 Å². The fraction of sp³-hybridized carbons (Fsp3) is 0.435. The standard InChI is InChI=1S/C23H23Cl2F4N3O3/c1-22(14-11-15(26)13-30-12-14,21(34)31-16-5-3-2-4-6-16)32(20(33)19(24)27)17-7-9-18(10-8-17)35-23(25,28)29/h7-13,16,19H,2-6H2,1H3,(H,31,34)/t19-,22-/m0/s1. The second kappa shape index (κ2) is 11.0. The summed E-state index contributed by atoms with van der Waals surface area (Å²) in [6.45, 7) is 1.30. The lowest BCUT2D eigenvalue weighted by atomic mass is 9.87. The first kappa shape index (κ1) is 27.0. The molecule has 0 spiro atoms. The molecule has 0 bridgehead atoms. The van der Waals surface area contributed by atoms with Crippen molar-refractivity contribution in [3.8, 4) is 5.75 Å². The lowest BCUT2D eigenvalue weighted by Gasteiger charge is -2.41. The van der Waals surface area contributed by atoms with Crippen LogP contribution in [0.3, 0.4) is 0 Å². The quantitative estimate of drug-likeness (QED) is 0.351. The minimum atomic E-state index is -3.99. The van der Waals surface area contributed by atoms with Gasteiger partial charge in [-0.25, -0.2) is 8.78 Å². The molecule has 12 heteroatoms. The van der Waals surface area contributed by atoms with Crippen LogP contribution in [0.1, 0.15) is 44.6 Å². The minimum absolute atomic E-state index is 0.0518. The van der Waals surface area contributed by atoms with Crippen LogP contribution in [0.25, 0.3) is 0 Å². The molecule has 1 saturated carbocycles. The van der Waals surface area contributed by atoms with Crippen molar-refractivity contribution in [2.45, 2.75) is 61.8 Å². The monoisotopic (exact) mass is 535 g/mol. The summed E-state index contributed by atoms with van der Waals surface area (Å²) in [5.41, 5.74) is -8.71. The highest BCUT2D eigenvalue weighted by Gasteiger charge is 2.47. The van der Waals surface area contributed by atoms with Crippen molar-refractivity contribution in [3.63, 3.8) is 0 Å². The molecule has 2 aromatic rings. The van der Waals surface area contributed by atoms with Gasteiger partial charge in [0.15, 0.2) is 5.54 Å². The number of alkyl halides is 5. The SMILES string of the molecule is C[C@@](C(=O)NC1CCCCC1)(c1cncc(F)c1)N(C(=O)[C@H](F)Cl)c1ccc(OC(F)(F)Cl)cc1. The van der Waals surface area contributed by atoms with Gasteiger partial charge in [-0.2, -0.15) is 0 Å². The molecule has 0 radical (unpaired) electrons. The number of hydrogen-bond donors (Lipinski definition) is 1. The van der Waals surface area contributed by atoms with Crippen LogP contribution in [0.4, 0.5) is 23.2 Å². The number of rotatable bonds is 8. The maximum Gasteiger partial charge on any atom is 0.487 e. The van der Waals surface area contributed by atoms with Gasteiger partial charge in [0.05, 0.1) is 6.20 Å². The highest BCUT2D eigenvalue weighted by molar-refractivity contribution is 6.32. The van der Waals surface area contributed by atoms with Crippen molar-refractivity contribution in [3.05, 3.63) is 54.1 Å². The Hall–Kier alpha value is -2.59. The van der Waals surface area contributed by atoms with Gasteiger partial charge in [-0.15, -0.1) is 8.78 Å². The van der Waals surface area contributed by atoms with E-state index in [2.05, 4.69) is 15.0 Å². The third-order valence-corrected chi connectivity index (χ3v) is 6.10. The van der Waals surface area contributed by atoms with E-state index in [1.807, 2.05) is 0 Å². The maximum absolute atomic E-state index is 14.2. The summed E-state index contributed by atoms with van der Waals surface area (Å²) < 4.78 is 58.6. The van der Waals surface area contributed by atoms with Crippen LogP contribution < -0.4 is 15.0 Å². The molecule has 35 heavy (non-hydrogen) atoms. The van der Waals surface area contributed by atoms with Crippen LogP contribution in [-0.4, -0.2) is 34.0 Å². The second-order valence-corrected chi connectivity index (χ2v) is 9.11. The lowest BCUT2D eigenvalue weighted by Crippen LogP contribution is -2.60. The summed E-state index contributed by atoms with van der Waals surface area (Å²) in [6, 6.07) is 5.20. The molecule has 1 heterocycles. The Morgan fingerprint density at radius 2 is 1.80 bits per heavy atom. The molecule has 1 aromatic carbocycles. The van der Waals surface area contributed by atoms with Gasteiger partial charge in [0.1, 0.15) is 11.6 Å². The first-order chi connectivity index (χ1) is 16.4. The zero-order valence-electron chi connectivity index (χ0n) is 18.6. The molecule has 3 rings (SSSR count). The van der Waals surface area contributed by atoms with Crippen LogP contribution in [0.5, 0.6) is 5.75 Å². The van der Waals surface area contributed by atoms with E-state index in [-0.39, 0.29) is 23.0 Å². The summed E-state index contributed by atoms with van der Waals surface area (Å²) >= 11 is 10.3. The molecule has 2 atom stereocenters. The molecule has 190 valence electrons. The van der Waals surface area contributed by atoms with Gasteiger partial charge >= 0.3 is 5.57 Å². The fourth-order valence-corrected chi connectivity index (χ4v) is 4.30. The summed E-state index contributed by atoms with van der Waals surface area (Å²) in [4.78, 5) is 31.2. The van der Waals surface area contributed by atoms with Gasteiger partial charge in [0.2, 0.25) is 0 Å². The topological polar surface area (TPSA) is 71.5 Å². The zero-order chi connectivity index (χ0) is 25.8. The van der Waals surface area contributed by atoms with Gasteiger partial charge in [-0.1, -0.05) is 30.9 Å². The maximum atomic E-state index is 14.2. The van der Waals surface area contributed by atoms with Crippen molar-refractivity contribution in [2.75, 3.05) is 4.90 Å². The molecular weight excluding hydrogens is 513 g/mol. The van der Waals surface area contributed by atoms with Crippen LogP contribution in [-0.2, 0) is 15.1 Å². The predicted octanol–water partition coefficient (Wildman–Crippen LogP) is 5.62. The predicted molar refractivity (Wildman–Crippen MR) is 123 cm³/mol. The largest absolute Gasteiger partial charge is 0.487 e. The molecule has 0 aliphatic heterocycles. The van der Waals surface area contributed by atoms with Crippen molar-refractivity contribution in [1.29, 1.82) is 0 Å². The summed E-state index contributed by atoms with van der Waals surface area (Å²) in [5.74, 6) is -3.18. The van der Waals surface area contributed by atoms with Crippen molar-refractivity contribution in [1.82, 2.24) is 10.3 Å². The number of carbonyl (C=O) groups is 2. The first-order valence-electron chi connectivity index (χ1n) is 10.8. The number of nitrogens with zero attached hydrogens (tertiary/aromatic N) is 2. The number of hydrogen-bond acceptors (Lipinski definition) is 4. The van der Waals surface area contributed by atoms with Gasteiger partial charge in [-0.05, 0) is 50.1 Å². The Morgan fingerprint density at radius 3 is 2.34 bits per heavy atom. The van der Waals surface area contributed by atoms with Crippen LogP contribution >= 0.6 is 23.2 Å². The number of halogens is 6. The molecule has 1 fully saturated rings. The third-order valence-electron chi connectivity index (χ3n) is 5.83. The number of carbonyl (C=O) groups excluding carboxylic acids is 2. The first-order valence-corrected chi connectivity index (χ1v) is 11.6. The number of amides is 2. The molecule has 1 aromatic heterocycles. The molecule has 0 saturated heterocycles. The number of pyridine rings is 1. The van der Waals surface area contributed by atoms with E-state index in [9.17, 15) is 27.2 Å². The highest BCUT2D eigenvalue weighted by atomic mass is 35.5. The molecule has 6 nitrogen and oxygen atoms in total. The average molecular weight is 536 g/mol. The van der Waals surface area contributed by atoms with Crippen molar-refractivity contribution >= 4 is 40.7 Å². The Kier molecular flexibility index (Phi) is 8.48. The number of ether oxygens (including phenoxy) is 1. The summed E-state index contributed by atoms with van der Waals surface area (Å²) in [6.07, 6.45) is 6.31. The lowest BCUT2D eigenvalue weighted by molar-refractivity contribution is -0.131. The number of nitrogens with one attached hydrogen (secondary N) is 1. The Labute approximate surface area is 209 Å². The molecule has 0 unspecified atom stereocenters. The smallest absolute Gasteiger partial charge is 0.420 e. The minimum Gasteiger partial charge on any atom is -0.420 e. The zero-order valence-corrected chi connectivity index (χ0v) is 20.1. The highest BCUT2D eigenvalue weighted by Crippen LogP contribution is 2.37. The number of benzene rings is 1. The van der Waals surface area contributed by atoms with Gasteiger partial charge in [-0.3, -0.25) is 19.5 Å². The Bertz CT molecular complexity index is 1050. The van der Waals surface area contributed by atoms with E-state index in [4.69, 9.17) is 23.2 Å². The molecule has 1 aliphatic rings. The number of anilines is 1. The van der Waals surface area contributed by atoms with Crippen molar-refractivity contribution < 1.29 is 31.9 Å².